The fourth-order valence-corrected chi connectivity index (χ4v) is 2.14. The Bertz CT molecular complexity index is 435. The van der Waals surface area contributed by atoms with Crippen LogP contribution in [0.25, 0.3) is 0 Å². The van der Waals surface area contributed by atoms with Crippen molar-refractivity contribution in [2.75, 3.05) is 6.26 Å². The second-order valence-electron chi connectivity index (χ2n) is 3.28. The lowest BCUT2D eigenvalue weighted by Gasteiger charge is -2.06. The van der Waals surface area contributed by atoms with Crippen LogP contribution < -0.4 is 0 Å². The Hall–Kier alpha value is -0.900. The van der Waals surface area contributed by atoms with Gasteiger partial charge in [-0.05, 0) is 31.9 Å². The molecule has 1 aromatic rings. The van der Waals surface area contributed by atoms with Crippen LogP contribution in [0.15, 0.2) is 11.1 Å². The summed E-state index contributed by atoms with van der Waals surface area (Å²) in [6.45, 7) is 5.49. The molecule has 0 saturated heterocycles. The quantitative estimate of drug-likeness (QED) is 0.687. The third-order valence-electron chi connectivity index (χ3n) is 1.96. The summed E-state index contributed by atoms with van der Waals surface area (Å²) >= 11 is 0. The Labute approximate surface area is 78.7 Å². The summed E-state index contributed by atoms with van der Waals surface area (Å²) in [6, 6.07) is 1.85. The van der Waals surface area contributed by atoms with E-state index >= 15 is 0 Å². The molecule has 0 aliphatic rings. The molecule has 1 heterocycles. The van der Waals surface area contributed by atoms with Gasteiger partial charge in [0.2, 0.25) is 0 Å². The number of aromatic nitrogens is 1. The summed E-state index contributed by atoms with van der Waals surface area (Å²) in [5.74, 6) is 0. The molecule has 0 aromatic carbocycles. The molecular weight excluding hydrogens is 186 g/mol. The van der Waals surface area contributed by atoms with E-state index in [4.69, 9.17) is 0 Å². The first-order chi connectivity index (χ1) is 5.82. The largest absolute Gasteiger partial charge is 0.241 e. The van der Waals surface area contributed by atoms with Crippen molar-refractivity contribution < 1.29 is 8.42 Å². The fraction of sp³-hybridized carbons (Fsp3) is 0.444. The molecule has 72 valence electrons. The topological polar surface area (TPSA) is 47.0 Å². The number of hydrogen-bond acceptors (Lipinski definition) is 3. The lowest BCUT2D eigenvalue weighted by atomic mass is 10.2. The van der Waals surface area contributed by atoms with Crippen LogP contribution in [-0.4, -0.2) is 19.7 Å². The van der Waals surface area contributed by atoms with Crippen LogP contribution in [0.4, 0.5) is 0 Å². The number of nitrogens with zero attached hydrogens (tertiary/aromatic N) is 1. The molecule has 0 radical (unpaired) electrons. The average molecular weight is 199 g/mol. The standard InChI is InChI=1S/C9H13NO2S/c1-6-5-7(2)9(10-8(6)3)13(4,11)12/h5H,1-4H3. The van der Waals surface area contributed by atoms with E-state index in [9.17, 15) is 8.42 Å². The molecule has 13 heavy (non-hydrogen) atoms. The molecule has 0 saturated carbocycles. The molecule has 4 heteroatoms. The Morgan fingerprint density at radius 3 is 2.15 bits per heavy atom. The van der Waals surface area contributed by atoms with Crippen molar-refractivity contribution in [3.05, 3.63) is 22.9 Å². The molecule has 0 bridgehead atoms. The smallest absolute Gasteiger partial charge is 0.193 e. The van der Waals surface area contributed by atoms with Gasteiger partial charge in [-0.15, -0.1) is 0 Å². The summed E-state index contributed by atoms with van der Waals surface area (Å²) in [4.78, 5) is 4.06. The van der Waals surface area contributed by atoms with E-state index in [1.807, 2.05) is 19.9 Å². The third kappa shape index (κ3) is 2.06. The highest BCUT2D eigenvalue weighted by Gasteiger charge is 2.13. The van der Waals surface area contributed by atoms with Crippen molar-refractivity contribution in [1.82, 2.24) is 4.98 Å². The van der Waals surface area contributed by atoms with Gasteiger partial charge in [0.05, 0.1) is 0 Å². The summed E-state index contributed by atoms with van der Waals surface area (Å²) in [5.41, 5.74) is 2.50. The predicted octanol–water partition coefficient (Wildman–Crippen LogP) is 1.41. The Balaban J connectivity index is 3.50. The zero-order chi connectivity index (χ0) is 10.2. The van der Waals surface area contributed by atoms with Crippen LogP contribution in [0.2, 0.25) is 0 Å². The molecule has 0 N–H and O–H groups in total. The first kappa shape index (κ1) is 10.2. The molecule has 0 aliphatic heterocycles. The molecular formula is C9H13NO2S. The maximum Gasteiger partial charge on any atom is 0.193 e. The lowest BCUT2D eigenvalue weighted by Crippen LogP contribution is -2.05. The number of hydrogen-bond donors (Lipinski definition) is 0. The van der Waals surface area contributed by atoms with E-state index in [2.05, 4.69) is 4.98 Å². The van der Waals surface area contributed by atoms with Crippen molar-refractivity contribution in [2.24, 2.45) is 0 Å². The van der Waals surface area contributed by atoms with Gasteiger partial charge in [0.1, 0.15) is 0 Å². The SMILES string of the molecule is Cc1cc(C)c(S(C)(=O)=O)nc1C. The summed E-state index contributed by atoms with van der Waals surface area (Å²) in [6.07, 6.45) is 1.18. The van der Waals surface area contributed by atoms with E-state index in [0.29, 0.717) is 5.56 Å². The minimum atomic E-state index is -3.18. The molecule has 0 amide bonds. The number of pyridine rings is 1. The second-order valence-corrected chi connectivity index (χ2v) is 5.22. The van der Waals surface area contributed by atoms with Crippen molar-refractivity contribution in [1.29, 1.82) is 0 Å². The van der Waals surface area contributed by atoms with Gasteiger partial charge in [-0.3, -0.25) is 0 Å². The first-order valence-corrected chi connectivity index (χ1v) is 5.86. The van der Waals surface area contributed by atoms with Crippen molar-refractivity contribution in [3.8, 4) is 0 Å². The van der Waals surface area contributed by atoms with Crippen LogP contribution in [0.3, 0.4) is 0 Å². The van der Waals surface area contributed by atoms with Gasteiger partial charge in [0.25, 0.3) is 0 Å². The number of sulfone groups is 1. The maximum absolute atomic E-state index is 11.3. The number of aryl methyl sites for hydroxylation is 3. The molecule has 0 spiro atoms. The maximum atomic E-state index is 11.3. The highest BCUT2D eigenvalue weighted by Crippen LogP contribution is 2.15. The minimum absolute atomic E-state index is 0.190. The first-order valence-electron chi connectivity index (χ1n) is 3.97. The van der Waals surface area contributed by atoms with E-state index in [1.165, 1.54) is 6.26 Å². The highest BCUT2D eigenvalue weighted by atomic mass is 32.2. The molecule has 0 fully saturated rings. The van der Waals surface area contributed by atoms with Gasteiger partial charge in [-0.2, -0.15) is 0 Å². The van der Waals surface area contributed by atoms with E-state index in [1.54, 1.807) is 6.92 Å². The Kier molecular flexibility index (Phi) is 2.43. The van der Waals surface area contributed by atoms with Crippen LogP contribution in [0, 0.1) is 20.8 Å². The average Bonchev–Trinajstić information content (AvgIpc) is 1.94. The van der Waals surface area contributed by atoms with E-state index in [-0.39, 0.29) is 5.03 Å². The summed E-state index contributed by atoms with van der Waals surface area (Å²) in [7, 11) is -3.18. The van der Waals surface area contributed by atoms with Gasteiger partial charge in [-0.1, -0.05) is 6.07 Å². The van der Waals surface area contributed by atoms with Crippen LogP contribution >= 0.6 is 0 Å². The minimum Gasteiger partial charge on any atom is -0.241 e. The Morgan fingerprint density at radius 2 is 1.69 bits per heavy atom. The molecule has 0 aliphatic carbocycles. The van der Waals surface area contributed by atoms with Crippen molar-refractivity contribution in [3.63, 3.8) is 0 Å². The van der Waals surface area contributed by atoms with Gasteiger partial charge < -0.3 is 0 Å². The molecule has 1 rings (SSSR count). The molecule has 1 aromatic heterocycles. The van der Waals surface area contributed by atoms with Gasteiger partial charge in [0.15, 0.2) is 14.9 Å². The van der Waals surface area contributed by atoms with E-state index < -0.39 is 9.84 Å². The van der Waals surface area contributed by atoms with Gasteiger partial charge >= 0.3 is 0 Å². The summed E-state index contributed by atoms with van der Waals surface area (Å²) < 4.78 is 22.5. The monoisotopic (exact) mass is 199 g/mol. The highest BCUT2D eigenvalue weighted by molar-refractivity contribution is 7.90. The van der Waals surface area contributed by atoms with Gasteiger partial charge in [-0.25, -0.2) is 13.4 Å². The van der Waals surface area contributed by atoms with Crippen LogP contribution in [-0.2, 0) is 9.84 Å². The Morgan fingerprint density at radius 1 is 1.15 bits per heavy atom. The van der Waals surface area contributed by atoms with Gasteiger partial charge in [0, 0.05) is 11.9 Å². The second kappa shape index (κ2) is 3.10. The van der Waals surface area contributed by atoms with Crippen LogP contribution in [0.1, 0.15) is 16.8 Å². The van der Waals surface area contributed by atoms with Crippen molar-refractivity contribution in [2.45, 2.75) is 25.8 Å². The predicted molar refractivity (Wildman–Crippen MR) is 51.6 cm³/mol. The third-order valence-corrected chi connectivity index (χ3v) is 3.08. The van der Waals surface area contributed by atoms with E-state index in [0.717, 1.165) is 11.3 Å². The van der Waals surface area contributed by atoms with Crippen molar-refractivity contribution >= 4 is 9.84 Å². The zero-order valence-electron chi connectivity index (χ0n) is 8.25. The fourth-order valence-electron chi connectivity index (χ4n) is 1.19. The lowest BCUT2D eigenvalue weighted by molar-refractivity contribution is 0.597. The molecule has 0 atom stereocenters. The van der Waals surface area contributed by atoms with Crippen LogP contribution in [0.5, 0.6) is 0 Å². The zero-order valence-corrected chi connectivity index (χ0v) is 9.07. The molecule has 3 nitrogen and oxygen atoms in total. The summed E-state index contributed by atoms with van der Waals surface area (Å²) in [5, 5.41) is 0.190. The normalized spacial score (nSPS) is 11.7. The molecule has 0 unspecified atom stereocenters. The number of rotatable bonds is 1.